The van der Waals surface area contributed by atoms with Crippen molar-refractivity contribution in [2.75, 3.05) is 11.9 Å². The van der Waals surface area contributed by atoms with Gasteiger partial charge in [0.05, 0.1) is 17.3 Å². The molecule has 0 radical (unpaired) electrons. The Morgan fingerprint density at radius 3 is 2.69 bits per heavy atom. The van der Waals surface area contributed by atoms with Crippen LogP contribution in [-0.2, 0) is 14.8 Å². The Bertz CT molecular complexity index is 1160. The monoisotopic (exact) mass is 420 g/mol. The maximum Gasteiger partial charge on any atom is 0.336 e. The number of urea groups is 1. The average Bonchev–Trinajstić information content (AvgIpc) is 2.64. The van der Waals surface area contributed by atoms with Gasteiger partial charge in [-0.05, 0) is 25.1 Å². The topological polar surface area (TPSA) is 119 Å². The van der Waals surface area contributed by atoms with Crippen LogP contribution in [0.2, 0.25) is 0 Å². The number of amides is 3. The first kappa shape index (κ1) is 20.2. The zero-order chi connectivity index (χ0) is 21.3. The highest BCUT2D eigenvalue weighted by Crippen LogP contribution is 2.32. The molecule has 0 aromatic heterocycles. The molecule has 3 rings (SSSR count). The van der Waals surface area contributed by atoms with Gasteiger partial charge in [0.25, 0.3) is 10.0 Å². The number of benzene rings is 2. The molecular formula is C18H14F2N4O4S. The number of hydrogen-bond donors (Lipinski definition) is 2. The fourth-order valence-corrected chi connectivity index (χ4v) is 4.46. The largest absolute Gasteiger partial charge is 0.348 e. The molecule has 0 saturated heterocycles. The minimum Gasteiger partial charge on any atom is -0.348 e. The van der Waals surface area contributed by atoms with E-state index >= 15 is 0 Å². The quantitative estimate of drug-likeness (QED) is 0.786. The van der Waals surface area contributed by atoms with Crippen LogP contribution in [0.15, 0.2) is 41.3 Å². The summed E-state index contributed by atoms with van der Waals surface area (Å²) in [7, 11) is -4.47. The van der Waals surface area contributed by atoms with Gasteiger partial charge >= 0.3 is 6.03 Å². The van der Waals surface area contributed by atoms with Crippen LogP contribution in [-0.4, -0.2) is 31.2 Å². The van der Waals surface area contributed by atoms with Gasteiger partial charge in [-0.2, -0.15) is 5.26 Å². The molecule has 2 N–H and O–H groups in total. The van der Waals surface area contributed by atoms with E-state index in [1.165, 1.54) is 25.1 Å². The molecule has 11 heteroatoms. The van der Waals surface area contributed by atoms with Crippen LogP contribution in [0.25, 0.3) is 0 Å². The second-order valence-electron chi connectivity index (χ2n) is 6.19. The first-order chi connectivity index (χ1) is 13.6. The van der Waals surface area contributed by atoms with Gasteiger partial charge in [0.15, 0.2) is 0 Å². The third kappa shape index (κ3) is 3.74. The Hall–Kier alpha value is -3.52. The number of anilines is 1. The van der Waals surface area contributed by atoms with Crippen molar-refractivity contribution in [3.63, 3.8) is 0 Å². The summed E-state index contributed by atoms with van der Waals surface area (Å²) >= 11 is 0. The van der Waals surface area contributed by atoms with Crippen molar-refractivity contribution in [3.8, 4) is 6.07 Å². The molecule has 2 aromatic rings. The van der Waals surface area contributed by atoms with E-state index < -0.39 is 51.1 Å². The molecular weight excluding hydrogens is 406 g/mol. The second kappa shape index (κ2) is 7.48. The summed E-state index contributed by atoms with van der Waals surface area (Å²) < 4.78 is 52.8. The molecule has 1 aliphatic rings. The predicted molar refractivity (Wildman–Crippen MR) is 97.0 cm³/mol. The van der Waals surface area contributed by atoms with Crippen molar-refractivity contribution >= 4 is 27.6 Å². The van der Waals surface area contributed by atoms with Gasteiger partial charge in [0, 0.05) is 11.6 Å². The van der Waals surface area contributed by atoms with Crippen LogP contribution in [0.1, 0.15) is 24.1 Å². The molecule has 0 aliphatic carbocycles. The normalized spacial score (nSPS) is 15.7. The number of nitrogens with one attached hydrogen (secondary N) is 2. The number of fused-ring (bicyclic) bond motifs is 1. The van der Waals surface area contributed by atoms with Crippen LogP contribution in [0.4, 0.5) is 19.3 Å². The molecule has 0 bridgehead atoms. The van der Waals surface area contributed by atoms with Gasteiger partial charge in [-0.15, -0.1) is 0 Å². The number of rotatable bonds is 4. The second-order valence-corrected chi connectivity index (χ2v) is 7.99. The maximum absolute atomic E-state index is 13.9. The first-order valence-electron chi connectivity index (χ1n) is 8.26. The molecule has 150 valence electrons. The molecule has 29 heavy (non-hydrogen) atoms. The van der Waals surface area contributed by atoms with Crippen molar-refractivity contribution in [2.45, 2.75) is 17.9 Å². The highest BCUT2D eigenvalue weighted by molar-refractivity contribution is 7.90. The number of halogens is 2. The Kier molecular flexibility index (Phi) is 5.21. The van der Waals surface area contributed by atoms with Gasteiger partial charge in [-0.3, -0.25) is 4.79 Å². The fourth-order valence-electron chi connectivity index (χ4n) is 2.90. The van der Waals surface area contributed by atoms with Gasteiger partial charge in [0.2, 0.25) is 5.91 Å². The van der Waals surface area contributed by atoms with Gasteiger partial charge < -0.3 is 10.6 Å². The Labute approximate surface area is 164 Å². The van der Waals surface area contributed by atoms with Crippen LogP contribution in [0.3, 0.4) is 0 Å². The lowest BCUT2D eigenvalue weighted by Crippen LogP contribution is -2.49. The standard InChI is InChI=1S/C18H14F2N4O4S/c1-10(13-6-5-12(19)7-14(13)20)22-16(25)9-24-18(26)23-15-4-2-3-11(8-21)17(15)29(24,27)28/h2-7,10H,9H2,1H3,(H,22,25)(H,23,26)/t10-/m0/s1. The minimum atomic E-state index is -4.47. The zero-order valence-corrected chi connectivity index (χ0v) is 15.8. The van der Waals surface area contributed by atoms with E-state index in [1.807, 2.05) is 0 Å². The van der Waals surface area contributed by atoms with Crippen LogP contribution in [0, 0.1) is 23.0 Å². The van der Waals surface area contributed by atoms with E-state index in [0.29, 0.717) is 10.4 Å². The van der Waals surface area contributed by atoms with Crippen molar-refractivity contribution in [1.29, 1.82) is 5.26 Å². The van der Waals surface area contributed by atoms with Crippen molar-refractivity contribution in [3.05, 3.63) is 59.2 Å². The molecule has 8 nitrogen and oxygen atoms in total. The lowest BCUT2D eigenvalue weighted by atomic mass is 10.1. The van der Waals surface area contributed by atoms with E-state index in [2.05, 4.69) is 10.6 Å². The summed E-state index contributed by atoms with van der Waals surface area (Å²) in [5, 5.41) is 13.8. The number of carbonyl (C=O) groups excluding carboxylic acids is 2. The minimum absolute atomic E-state index is 0.0113. The third-order valence-corrected chi connectivity index (χ3v) is 6.08. The first-order valence-corrected chi connectivity index (χ1v) is 9.70. The van der Waals surface area contributed by atoms with E-state index in [4.69, 9.17) is 5.26 Å². The lowest BCUT2D eigenvalue weighted by molar-refractivity contribution is -0.121. The summed E-state index contributed by atoms with van der Waals surface area (Å²) in [6.07, 6.45) is 0. The van der Waals surface area contributed by atoms with Gasteiger partial charge in [-0.1, -0.05) is 12.1 Å². The fraction of sp³-hybridized carbons (Fsp3) is 0.167. The molecule has 1 aliphatic heterocycles. The molecule has 0 spiro atoms. The number of carbonyl (C=O) groups is 2. The zero-order valence-electron chi connectivity index (χ0n) is 14.9. The highest BCUT2D eigenvalue weighted by Gasteiger charge is 2.39. The summed E-state index contributed by atoms with van der Waals surface area (Å²) in [6.45, 7) is 0.530. The predicted octanol–water partition coefficient (Wildman–Crippen LogP) is 2.25. The number of hydrogen-bond acceptors (Lipinski definition) is 5. The van der Waals surface area contributed by atoms with Crippen LogP contribution < -0.4 is 10.6 Å². The van der Waals surface area contributed by atoms with Gasteiger partial charge in [0.1, 0.15) is 29.1 Å². The van der Waals surface area contributed by atoms with E-state index in [1.54, 1.807) is 6.07 Å². The van der Waals surface area contributed by atoms with Crippen LogP contribution >= 0.6 is 0 Å². The van der Waals surface area contributed by atoms with Crippen molar-refractivity contribution < 1.29 is 26.8 Å². The lowest BCUT2D eigenvalue weighted by Gasteiger charge is -2.29. The van der Waals surface area contributed by atoms with Gasteiger partial charge in [-0.25, -0.2) is 26.3 Å². The maximum atomic E-state index is 13.9. The van der Waals surface area contributed by atoms with E-state index in [0.717, 1.165) is 12.1 Å². The summed E-state index contributed by atoms with van der Waals surface area (Å²) in [5.41, 5.74) is -0.259. The Balaban J connectivity index is 1.83. The Morgan fingerprint density at radius 1 is 1.31 bits per heavy atom. The molecule has 0 unspecified atom stereocenters. The molecule has 3 amide bonds. The SMILES string of the molecule is C[C@H](NC(=O)CN1C(=O)Nc2cccc(C#N)c2S1(=O)=O)c1ccc(F)cc1F. The van der Waals surface area contributed by atoms with Crippen molar-refractivity contribution in [2.24, 2.45) is 0 Å². The summed E-state index contributed by atoms with van der Waals surface area (Å²) in [4.78, 5) is 24.1. The number of nitrogens with zero attached hydrogens (tertiary/aromatic N) is 2. The van der Waals surface area contributed by atoms with Crippen molar-refractivity contribution in [1.82, 2.24) is 9.62 Å². The Morgan fingerprint density at radius 2 is 2.03 bits per heavy atom. The molecule has 0 saturated carbocycles. The van der Waals surface area contributed by atoms with E-state index in [9.17, 15) is 26.8 Å². The average molecular weight is 420 g/mol. The third-order valence-electron chi connectivity index (χ3n) is 4.25. The summed E-state index contributed by atoms with van der Waals surface area (Å²) in [6, 6.07) is 6.57. The molecule has 1 atom stereocenters. The summed E-state index contributed by atoms with van der Waals surface area (Å²) in [5.74, 6) is -2.56. The molecule has 2 aromatic carbocycles. The molecule has 0 fully saturated rings. The number of sulfonamides is 1. The molecule has 1 heterocycles. The number of nitriles is 1. The van der Waals surface area contributed by atoms with Crippen LogP contribution in [0.5, 0.6) is 0 Å². The van der Waals surface area contributed by atoms with E-state index in [-0.39, 0.29) is 16.8 Å². The highest BCUT2D eigenvalue weighted by atomic mass is 32.2. The smallest absolute Gasteiger partial charge is 0.336 e.